The summed E-state index contributed by atoms with van der Waals surface area (Å²) in [5.74, 6) is 0. The van der Waals surface area contributed by atoms with Gasteiger partial charge < -0.3 is 46.0 Å². The second-order valence-electron chi connectivity index (χ2n) is 1.47. The van der Waals surface area contributed by atoms with Crippen molar-refractivity contribution in [2.75, 3.05) is 13.2 Å². The molecule has 15 heavy (non-hydrogen) atoms. The number of hydrogen-bond donors (Lipinski definition) is 3. The van der Waals surface area contributed by atoms with Crippen molar-refractivity contribution in [2.24, 2.45) is 0 Å². The van der Waals surface area contributed by atoms with E-state index in [1.807, 2.05) is 0 Å². The summed E-state index contributed by atoms with van der Waals surface area (Å²) >= 11 is 0. The zero-order chi connectivity index (χ0) is 12.1. The van der Waals surface area contributed by atoms with E-state index in [4.69, 9.17) is 46.0 Å². The van der Waals surface area contributed by atoms with Gasteiger partial charge in [0.2, 0.25) is 0 Å². The van der Waals surface area contributed by atoms with E-state index in [9.17, 15) is 0 Å². The van der Waals surface area contributed by atoms with Crippen molar-refractivity contribution < 1.29 is 25.5 Å². The largest absolute Gasteiger partial charge is 2.00 e. The van der Waals surface area contributed by atoms with Crippen LogP contribution in [0.1, 0.15) is 0 Å². The van der Waals surface area contributed by atoms with Crippen molar-refractivity contribution >= 4 is 23.1 Å². The maximum absolute atomic E-state index is 8.25. The van der Waals surface area contributed by atoms with E-state index in [0.717, 1.165) is 0 Å². The van der Waals surface area contributed by atoms with Gasteiger partial charge in [0.25, 0.3) is 0 Å². The van der Waals surface area contributed by atoms with Crippen molar-refractivity contribution in [3.8, 4) is 0 Å². The van der Waals surface area contributed by atoms with E-state index in [-0.39, 0.29) is 36.3 Å². The van der Waals surface area contributed by atoms with Crippen molar-refractivity contribution in [3.05, 3.63) is 30.6 Å². The van der Waals surface area contributed by atoms with Crippen LogP contribution in [0.5, 0.6) is 0 Å². The van der Waals surface area contributed by atoms with Crippen molar-refractivity contribution in [1.82, 2.24) is 0 Å². The number of aliphatic hydroxyl groups is 3. The third-order valence-electron chi connectivity index (χ3n) is 0.421. The first-order valence-electron chi connectivity index (χ1n) is 2.80. The van der Waals surface area contributed by atoms with Crippen LogP contribution in [0.4, 0.5) is 0 Å². The Morgan fingerprint density at radius 1 is 0.933 bits per heavy atom. The molecule has 0 aliphatic carbocycles. The Morgan fingerprint density at radius 2 is 1.07 bits per heavy atom. The second kappa shape index (κ2) is 18.8. The fraction of sp³-hybridized carbons (Fsp3) is 1.00. The Balaban J connectivity index is -0.0000000606. The molecule has 0 amide bonds. The molecule has 0 aliphatic rings. The van der Waals surface area contributed by atoms with Crippen LogP contribution in [0.2, 0.25) is 0 Å². The van der Waals surface area contributed by atoms with Crippen LogP contribution in [-0.2, 0) is 0 Å². The molecule has 0 radical (unpaired) electrons. The quantitative estimate of drug-likeness (QED) is 0.265. The summed E-state index contributed by atoms with van der Waals surface area (Å²) in [4.78, 5) is 16.5. The van der Waals surface area contributed by atoms with Gasteiger partial charge in [-0.1, -0.05) is 0 Å². The van der Waals surface area contributed by atoms with E-state index in [1.54, 1.807) is 0 Å². The Morgan fingerprint density at radius 3 is 1.07 bits per heavy atom. The van der Waals surface area contributed by atoms with Crippen LogP contribution in [0.25, 0.3) is 0 Å². The molecule has 0 rings (SSSR count). The van der Waals surface area contributed by atoms with Gasteiger partial charge in [0, 0.05) is 0 Å². The van der Waals surface area contributed by atoms with Gasteiger partial charge in [0.1, 0.15) is 6.10 Å². The number of hydrogen-bond acceptors (Lipinski definition) is 9. The minimum atomic E-state index is -1.75. The molecular formula is C3H8MgN2O9. The molecule has 0 aromatic heterocycles. The smallest absolute Gasteiger partial charge is 0.394 e. The molecule has 0 unspecified atom stereocenters. The first kappa shape index (κ1) is 23.7. The third-order valence-corrected chi connectivity index (χ3v) is 0.421. The summed E-state index contributed by atoms with van der Waals surface area (Å²) in [5.41, 5.74) is 0. The van der Waals surface area contributed by atoms with Gasteiger partial charge >= 0.3 is 23.1 Å². The number of rotatable bonds is 2. The van der Waals surface area contributed by atoms with E-state index in [0.29, 0.717) is 0 Å². The number of nitrogens with zero attached hydrogens (tertiary/aromatic N) is 2. The van der Waals surface area contributed by atoms with Gasteiger partial charge in [-0.2, -0.15) is 0 Å². The van der Waals surface area contributed by atoms with Crippen LogP contribution >= 0.6 is 0 Å². The normalized spacial score (nSPS) is 7.20. The molecule has 0 saturated carbocycles. The molecule has 0 atom stereocenters. The predicted molar refractivity (Wildman–Crippen MR) is 46.7 cm³/mol. The molecule has 11 nitrogen and oxygen atoms in total. The third kappa shape index (κ3) is 172. The molecule has 0 heterocycles. The van der Waals surface area contributed by atoms with Gasteiger partial charge in [-0.05, 0) is 0 Å². The van der Waals surface area contributed by atoms with Crippen LogP contribution in [0.3, 0.4) is 0 Å². The molecule has 0 spiro atoms. The van der Waals surface area contributed by atoms with Crippen LogP contribution in [0, 0.1) is 30.6 Å². The molecule has 0 saturated heterocycles. The van der Waals surface area contributed by atoms with E-state index >= 15 is 0 Å². The summed E-state index contributed by atoms with van der Waals surface area (Å²) in [6.07, 6.45) is -0.954. The molecular weight excluding hydrogens is 232 g/mol. The van der Waals surface area contributed by atoms with E-state index in [1.165, 1.54) is 0 Å². The van der Waals surface area contributed by atoms with Gasteiger partial charge in [0.15, 0.2) is 0 Å². The second-order valence-corrected chi connectivity index (χ2v) is 1.47. The maximum atomic E-state index is 8.25. The Labute approximate surface area is 98.9 Å². The molecule has 0 bridgehead atoms. The maximum Gasteiger partial charge on any atom is 2.00 e. The van der Waals surface area contributed by atoms with Crippen molar-refractivity contribution in [3.63, 3.8) is 0 Å². The Bertz CT molecular complexity index is 130. The molecule has 3 N–H and O–H groups in total. The molecule has 12 heteroatoms. The van der Waals surface area contributed by atoms with Crippen LogP contribution in [-0.4, -0.2) is 67.9 Å². The van der Waals surface area contributed by atoms with Gasteiger partial charge in [-0.15, -0.1) is 0 Å². The summed E-state index contributed by atoms with van der Waals surface area (Å²) in [6.45, 7) is -0.729. The first-order valence-corrected chi connectivity index (χ1v) is 2.80. The first-order chi connectivity index (χ1) is 6.27. The average molecular weight is 240 g/mol. The average Bonchev–Trinajstić information content (AvgIpc) is 2.01. The Hall–Kier alpha value is -0.954. The molecule has 0 fully saturated rings. The van der Waals surface area contributed by atoms with E-state index in [2.05, 4.69) is 0 Å². The fourth-order valence-corrected chi connectivity index (χ4v) is 0.0577. The standard InChI is InChI=1S/C3H8O3.Mg.2NO3/c4-1-3(6)2-5;;2*2-1(3)4/h3-6H,1-2H2;;;/q;+2;2*-1. The van der Waals surface area contributed by atoms with Crippen molar-refractivity contribution in [2.45, 2.75) is 6.10 Å². The fourth-order valence-electron chi connectivity index (χ4n) is 0.0577. The van der Waals surface area contributed by atoms with Crippen molar-refractivity contribution in [1.29, 1.82) is 0 Å². The summed E-state index contributed by atoms with van der Waals surface area (Å²) in [6, 6.07) is 0. The summed E-state index contributed by atoms with van der Waals surface area (Å²) in [5, 5.41) is 53.5. The minimum Gasteiger partial charge on any atom is -0.394 e. The molecule has 86 valence electrons. The topological polar surface area (TPSA) is 193 Å². The molecule has 0 aromatic carbocycles. The SMILES string of the molecule is O=[N+]([O-])[O-].O=[N+]([O-])[O-].OCC(O)CO.[Mg+2]. The van der Waals surface area contributed by atoms with Gasteiger partial charge in [0.05, 0.1) is 23.4 Å². The summed E-state index contributed by atoms with van der Waals surface area (Å²) in [7, 11) is 0. The van der Waals surface area contributed by atoms with Crippen LogP contribution < -0.4 is 0 Å². The minimum absolute atomic E-state index is 0. The Kier molecular flexibility index (Phi) is 29.6. The predicted octanol–water partition coefficient (Wildman–Crippen LogP) is -2.53. The number of aliphatic hydroxyl groups excluding tert-OH is 3. The van der Waals surface area contributed by atoms with Gasteiger partial charge in [-0.25, -0.2) is 0 Å². The monoisotopic (exact) mass is 240 g/mol. The molecule has 0 aromatic rings. The van der Waals surface area contributed by atoms with Crippen LogP contribution in [0.15, 0.2) is 0 Å². The zero-order valence-corrected chi connectivity index (χ0v) is 8.80. The zero-order valence-electron chi connectivity index (χ0n) is 7.38. The summed E-state index contributed by atoms with van der Waals surface area (Å²) < 4.78 is 0. The van der Waals surface area contributed by atoms with Gasteiger partial charge in [-0.3, -0.25) is 0 Å². The molecule has 0 aliphatic heterocycles. The van der Waals surface area contributed by atoms with E-state index < -0.39 is 16.3 Å².